The molecule has 3 nitrogen and oxygen atoms in total. The molecule has 1 amide bonds. The van der Waals surface area contributed by atoms with E-state index >= 15 is 0 Å². The summed E-state index contributed by atoms with van der Waals surface area (Å²) in [6.45, 7) is 2.83. The number of benzene rings is 2. The average molecular weight is 307 g/mol. The summed E-state index contributed by atoms with van der Waals surface area (Å²) in [7, 11) is 0. The average Bonchev–Trinajstić information content (AvgIpc) is 2.90. The van der Waals surface area contributed by atoms with Crippen LogP contribution >= 0.6 is 0 Å². The minimum atomic E-state index is -0.255. The lowest BCUT2D eigenvalue weighted by atomic mass is 10.0. The van der Waals surface area contributed by atoms with Crippen LogP contribution in [0.3, 0.4) is 0 Å². The SMILES string of the molecule is CCCCN1C(=O)O/C(=C\c2ccccc2)[C@@H]1c1ccccc1. The second kappa shape index (κ2) is 7.14. The van der Waals surface area contributed by atoms with Gasteiger partial charge in [-0.3, -0.25) is 4.90 Å². The van der Waals surface area contributed by atoms with Crippen LogP contribution in [-0.4, -0.2) is 17.5 Å². The van der Waals surface area contributed by atoms with E-state index in [9.17, 15) is 4.79 Å². The molecule has 0 unspecified atom stereocenters. The van der Waals surface area contributed by atoms with Gasteiger partial charge in [0, 0.05) is 6.54 Å². The lowest BCUT2D eigenvalue weighted by Crippen LogP contribution is -2.28. The Morgan fingerprint density at radius 1 is 1.04 bits per heavy atom. The number of hydrogen-bond donors (Lipinski definition) is 0. The lowest BCUT2D eigenvalue weighted by Gasteiger charge is -2.21. The van der Waals surface area contributed by atoms with Gasteiger partial charge in [0.15, 0.2) is 0 Å². The largest absolute Gasteiger partial charge is 0.415 e. The Bertz CT molecular complexity index is 679. The van der Waals surface area contributed by atoms with Crippen LogP contribution < -0.4 is 0 Å². The van der Waals surface area contributed by atoms with Gasteiger partial charge in [0.25, 0.3) is 0 Å². The normalized spacial score (nSPS) is 19.2. The monoisotopic (exact) mass is 307 g/mol. The van der Waals surface area contributed by atoms with E-state index in [1.54, 1.807) is 0 Å². The van der Waals surface area contributed by atoms with Crippen LogP contribution in [0.2, 0.25) is 0 Å². The van der Waals surface area contributed by atoms with E-state index < -0.39 is 0 Å². The van der Waals surface area contributed by atoms with Gasteiger partial charge in [0.05, 0.1) is 0 Å². The van der Waals surface area contributed by atoms with E-state index in [4.69, 9.17) is 4.74 Å². The number of cyclic esters (lactones) is 1. The number of ether oxygens (including phenoxy) is 1. The van der Waals surface area contributed by atoms with Crippen molar-refractivity contribution >= 4 is 12.2 Å². The van der Waals surface area contributed by atoms with Crippen LogP contribution in [0.1, 0.15) is 36.9 Å². The molecule has 0 aliphatic carbocycles. The molecule has 0 spiro atoms. The summed E-state index contributed by atoms with van der Waals surface area (Å²) in [6.07, 6.45) is 3.72. The standard InChI is InChI=1S/C20H21NO2/c1-2-3-14-21-19(17-12-8-5-9-13-17)18(23-20(21)22)15-16-10-6-4-7-11-16/h4-13,15,19H,2-3,14H2,1H3/b18-15-/t19-/m0/s1. The van der Waals surface area contributed by atoms with Crippen molar-refractivity contribution in [1.29, 1.82) is 0 Å². The Morgan fingerprint density at radius 3 is 2.35 bits per heavy atom. The van der Waals surface area contributed by atoms with Gasteiger partial charge in [-0.1, -0.05) is 74.0 Å². The van der Waals surface area contributed by atoms with E-state index in [2.05, 4.69) is 6.92 Å². The van der Waals surface area contributed by atoms with Crippen LogP contribution in [0.15, 0.2) is 66.4 Å². The molecule has 2 aromatic rings. The predicted molar refractivity (Wildman–Crippen MR) is 91.7 cm³/mol. The van der Waals surface area contributed by atoms with Crippen molar-refractivity contribution in [3.63, 3.8) is 0 Å². The number of carbonyl (C=O) groups excluding carboxylic acids is 1. The molecule has 1 aliphatic heterocycles. The number of unbranched alkanes of at least 4 members (excludes halogenated alkanes) is 1. The first-order valence-corrected chi connectivity index (χ1v) is 8.09. The molecule has 118 valence electrons. The summed E-state index contributed by atoms with van der Waals surface area (Å²) in [5.41, 5.74) is 2.12. The van der Waals surface area contributed by atoms with Crippen molar-refractivity contribution < 1.29 is 9.53 Å². The van der Waals surface area contributed by atoms with E-state index in [0.29, 0.717) is 12.3 Å². The summed E-state index contributed by atoms with van der Waals surface area (Å²) in [6, 6.07) is 19.9. The van der Waals surface area contributed by atoms with Gasteiger partial charge in [-0.25, -0.2) is 4.79 Å². The molecule has 0 bridgehead atoms. The van der Waals surface area contributed by atoms with Crippen LogP contribution in [-0.2, 0) is 4.74 Å². The van der Waals surface area contributed by atoms with Crippen molar-refractivity contribution in [2.75, 3.05) is 6.54 Å². The molecule has 1 saturated heterocycles. The molecular formula is C20H21NO2. The number of rotatable bonds is 5. The van der Waals surface area contributed by atoms with E-state index in [0.717, 1.165) is 24.0 Å². The maximum absolute atomic E-state index is 12.3. The van der Waals surface area contributed by atoms with Gasteiger partial charge in [-0.2, -0.15) is 0 Å². The Morgan fingerprint density at radius 2 is 1.70 bits per heavy atom. The van der Waals surface area contributed by atoms with Crippen molar-refractivity contribution in [2.45, 2.75) is 25.8 Å². The maximum atomic E-state index is 12.3. The third kappa shape index (κ3) is 3.45. The first kappa shape index (κ1) is 15.3. The van der Waals surface area contributed by atoms with E-state index in [-0.39, 0.29) is 12.1 Å². The zero-order valence-corrected chi connectivity index (χ0v) is 13.3. The van der Waals surface area contributed by atoms with Gasteiger partial charge in [0.1, 0.15) is 11.8 Å². The van der Waals surface area contributed by atoms with Gasteiger partial charge in [-0.15, -0.1) is 0 Å². The highest BCUT2D eigenvalue weighted by atomic mass is 16.6. The molecule has 1 aliphatic rings. The molecule has 0 radical (unpaired) electrons. The zero-order valence-electron chi connectivity index (χ0n) is 13.3. The summed E-state index contributed by atoms with van der Waals surface area (Å²) >= 11 is 0. The lowest BCUT2D eigenvalue weighted by molar-refractivity contribution is 0.164. The van der Waals surface area contributed by atoms with Gasteiger partial charge in [-0.05, 0) is 23.6 Å². The Hall–Kier alpha value is -2.55. The second-order valence-corrected chi connectivity index (χ2v) is 5.69. The maximum Gasteiger partial charge on any atom is 0.415 e. The minimum Gasteiger partial charge on any atom is -0.412 e. The summed E-state index contributed by atoms with van der Waals surface area (Å²) in [4.78, 5) is 14.2. The van der Waals surface area contributed by atoms with Crippen LogP contribution in [0, 0.1) is 0 Å². The Kier molecular flexibility index (Phi) is 4.77. The van der Waals surface area contributed by atoms with Crippen LogP contribution in [0.4, 0.5) is 4.79 Å². The molecule has 1 heterocycles. The molecule has 1 atom stereocenters. The predicted octanol–water partition coefficient (Wildman–Crippen LogP) is 5.02. The zero-order chi connectivity index (χ0) is 16.1. The molecule has 0 saturated carbocycles. The molecule has 0 N–H and O–H groups in total. The fraction of sp³-hybridized carbons (Fsp3) is 0.250. The number of nitrogens with zero attached hydrogens (tertiary/aromatic N) is 1. The summed E-state index contributed by atoms with van der Waals surface area (Å²) < 4.78 is 5.59. The number of hydrogen-bond acceptors (Lipinski definition) is 2. The fourth-order valence-corrected chi connectivity index (χ4v) is 2.82. The first-order chi connectivity index (χ1) is 11.3. The smallest absolute Gasteiger partial charge is 0.412 e. The van der Waals surface area contributed by atoms with Crippen LogP contribution in [0.5, 0.6) is 0 Å². The van der Waals surface area contributed by atoms with Gasteiger partial charge < -0.3 is 4.74 Å². The van der Waals surface area contributed by atoms with Gasteiger partial charge in [0.2, 0.25) is 0 Å². The van der Waals surface area contributed by atoms with Crippen LogP contribution in [0.25, 0.3) is 6.08 Å². The molecule has 2 aromatic carbocycles. The van der Waals surface area contributed by atoms with Crippen molar-refractivity contribution in [1.82, 2.24) is 4.90 Å². The minimum absolute atomic E-state index is 0.143. The Labute approximate surface area is 137 Å². The third-order valence-corrected chi connectivity index (χ3v) is 4.00. The van der Waals surface area contributed by atoms with Crippen molar-refractivity contribution in [3.05, 3.63) is 77.5 Å². The Balaban J connectivity index is 1.97. The number of amides is 1. The van der Waals surface area contributed by atoms with Crippen molar-refractivity contribution in [3.8, 4) is 0 Å². The summed E-state index contributed by atoms with van der Waals surface area (Å²) in [5, 5.41) is 0. The highest BCUT2D eigenvalue weighted by molar-refractivity contribution is 5.76. The van der Waals surface area contributed by atoms with E-state index in [1.165, 1.54) is 0 Å². The fourth-order valence-electron chi connectivity index (χ4n) is 2.82. The second-order valence-electron chi connectivity index (χ2n) is 5.69. The first-order valence-electron chi connectivity index (χ1n) is 8.09. The molecule has 23 heavy (non-hydrogen) atoms. The highest BCUT2D eigenvalue weighted by Gasteiger charge is 2.38. The summed E-state index contributed by atoms with van der Waals surface area (Å²) in [5.74, 6) is 0.698. The molecule has 3 heteroatoms. The molecular weight excluding hydrogens is 286 g/mol. The van der Waals surface area contributed by atoms with Crippen molar-refractivity contribution in [2.24, 2.45) is 0 Å². The highest BCUT2D eigenvalue weighted by Crippen LogP contribution is 2.37. The molecule has 1 fully saturated rings. The van der Waals surface area contributed by atoms with Gasteiger partial charge >= 0.3 is 6.09 Å². The topological polar surface area (TPSA) is 29.5 Å². The number of carbonyl (C=O) groups is 1. The molecule has 0 aromatic heterocycles. The third-order valence-electron chi connectivity index (χ3n) is 4.00. The quantitative estimate of drug-likeness (QED) is 0.776. The molecule has 3 rings (SSSR count). The van der Waals surface area contributed by atoms with E-state index in [1.807, 2.05) is 71.6 Å².